The molecular formula is C16H13ClF3N5O. The number of rotatable bonds is 3. The predicted molar refractivity (Wildman–Crippen MR) is 87.1 cm³/mol. The minimum Gasteiger partial charge on any atom is -0.364 e. The van der Waals surface area contributed by atoms with E-state index in [-0.39, 0.29) is 6.61 Å². The molecule has 0 saturated carbocycles. The fourth-order valence-corrected chi connectivity index (χ4v) is 3.15. The van der Waals surface area contributed by atoms with Gasteiger partial charge in [-0.1, -0.05) is 11.6 Å². The summed E-state index contributed by atoms with van der Waals surface area (Å²) in [5.41, 5.74) is 3.26. The van der Waals surface area contributed by atoms with Crippen LogP contribution in [0.15, 0.2) is 24.5 Å². The second kappa shape index (κ2) is 6.10. The van der Waals surface area contributed by atoms with E-state index in [9.17, 15) is 13.2 Å². The van der Waals surface area contributed by atoms with Crippen LogP contribution in [0.3, 0.4) is 0 Å². The first-order valence-corrected chi connectivity index (χ1v) is 8.11. The molecule has 0 aliphatic carbocycles. The molecule has 2 aromatic heterocycles. The average Bonchev–Trinajstić information content (AvgIpc) is 3.08. The predicted octanol–water partition coefficient (Wildman–Crippen LogP) is 3.53. The molecule has 3 heterocycles. The third-order valence-corrected chi connectivity index (χ3v) is 4.40. The average molecular weight is 384 g/mol. The molecule has 1 aromatic carbocycles. The van der Waals surface area contributed by atoms with Crippen LogP contribution in [0.1, 0.15) is 17.2 Å². The summed E-state index contributed by atoms with van der Waals surface area (Å²) >= 11 is 6.14. The maximum absolute atomic E-state index is 12.3. The number of fused-ring (bicyclic) bond motifs is 5. The SMILES string of the molecule is Cc1ncn2c1Cn1c(COCC(F)(F)F)nnc1-c1cc(Cl)ccc1-2. The van der Waals surface area contributed by atoms with Gasteiger partial charge in [0.2, 0.25) is 0 Å². The summed E-state index contributed by atoms with van der Waals surface area (Å²) in [7, 11) is 0. The van der Waals surface area contributed by atoms with Crippen LogP contribution in [-0.4, -0.2) is 37.1 Å². The van der Waals surface area contributed by atoms with Crippen molar-refractivity contribution in [1.82, 2.24) is 24.3 Å². The first-order chi connectivity index (χ1) is 12.3. The number of halogens is 4. The van der Waals surface area contributed by atoms with Gasteiger partial charge in [-0.3, -0.25) is 0 Å². The molecule has 0 bridgehead atoms. The zero-order chi connectivity index (χ0) is 18.5. The number of imidazole rings is 1. The lowest BCUT2D eigenvalue weighted by Gasteiger charge is -2.10. The summed E-state index contributed by atoms with van der Waals surface area (Å²) in [6.45, 7) is 0.603. The lowest BCUT2D eigenvalue weighted by molar-refractivity contribution is -0.177. The van der Waals surface area contributed by atoms with Crippen molar-refractivity contribution < 1.29 is 17.9 Å². The molecular weight excluding hydrogens is 371 g/mol. The van der Waals surface area contributed by atoms with Crippen molar-refractivity contribution in [2.24, 2.45) is 0 Å². The van der Waals surface area contributed by atoms with E-state index in [1.807, 2.05) is 17.6 Å². The number of nitrogens with zero attached hydrogens (tertiary/aromatic N) is 5. The Morgan fingerprint density at radius 2 is 2.08 bits per heavy atom. The highest BCUT2D eigenvalue weighted by molar-refractivity contribution is 6.31. The number of hydrogen-bond donors (Lipinski definition) is 0. The van der Waals surface area contributed by atoms with Crippen LogP contribution in [0, 0.1) is 6.92 Å². The lowest BCUT2D eigenvalue weighted by Crippen LogP contribution is -2.18. The molecule has 1 aliphatic heterocycles. The van der Waals surface area contributed by atoms with E-state index in [1.165, 1.54) is 0 Å². The van der Waals surface area contributed by atoms with Gasteiger partial charge in [0.1, 0.15) is 13.2 Å². The molecule has 136 valence electrons. The van der Waals surface area contributed by atoms with Gasteiger partial charge in [-0.15, -0.1) is 10.2 Å². The molecule has 0 saturated heterocycles. The van der Waals surface area contributed by atoms with E-state index >= 15 is 0 Å². The van der Waals surface area contributed by atoms with Crippen LogP contribution < -0.4 is 0 Å². The number of benzene rings is 1. The normalized spacial score (nSPS) is 13.1. The molecule has 0 radical (unpaired) electrons. The standard InChI is InChI=1S/C16H13ClF3N5O/c1-9-13-5-24-14(6-26-7-16(18,19)20)22-23-15(24)11-4-10(17)2-3-12(11)25(13)8-21-9/h2-4,8H,5-7H2,1H3. The number of aromatic nitrogens is 5. The van der Waals surface area contributed by atoms with Gasteiger partial charge in [0, 0.05) is 10.6 Å². The molecule has 0 amide bonds. The first-order valence-electron chi connectivity index (χ1n) is 7.73. The van der Waals surface area contributed by atoms with Crippen molar-refractivity contribution >= 4 is 11.6 Å². The van der Waals surface area contributed by atoms with Crippen LogP contribution in [0.25, 0.3) is 17.1 Å². The van der Waals surface area contributed by atoms with Crippen LogP contribution >= 0.6 is 11.6 Å². The zero-order valence-corrected chi connectivity index (χ0v) is 14.3. The molecule has 6 nitrogen and oxygen atoms in total. The van der Waals surface area contributed by atoms with Gasteiger partial charge >= 0.3 is 6.18 Å². The van der Waals surface area contributed by atoms with Crippen LogP contribution in [-0.2, 0) is 17.9 Å². The molecule has 0 atom stereocenters. The third-order valence-electron chi connectivity index (χ3n) is 4.17. The smallest absolute Gasteiger partial charge is 0.364 e. The van der Waals surface area contributed by atoms with Crippen LogP contribution in [0.5, 0.6) is 0 Å². The molecule has 1 aliphatic rings. The molecule has 3 aromatic rings. The maximum atomic E-state index is 12.3. The molecule has 0 unspecified atom stereocenters. The Balaban J connectivity index is 1.79. The molecule has 0 spiro atoms. The third kappa shape index (κ3) is 2.97. The second-order valence-corrected chi connectivity index (χ2v) is 6.38. The van der Waals surface area contributed by atoms with E-state index in [0.717, 1.165) is 22.6 Å². The Labute approximate surface area is 151 Å². The fourth-order valence-electron chi connectivity index (χ4n) is 2.97. The minimum atomic E-state index is -4.39. The molecule has 0 fully saturated rings. The Kier molecular flexibility index (Phi) is 4.00. The summed E-state index contributed by atoms with van der Waals surface area (Å²) in [5, 5.41) is 8.71. The Bertz CT molecular complexity index is 979. The second-order valence-electron chi connectivity index (χ2n) is 5.94. The van der Waals surface area contributed by atoms with Gasteiger partial charge in [-0.2, -0.15) is 13.2 Å². The fraction of sp³-hybridized carbons (Fsp3) is 0.312. The van der Waals surface area contributed by atoms with Gasteiger partial charge < -0.3 is 13.9 Å². The summed E-state index contributed by atoms with van der Waals surface area (Å²) < 4.78 is 45.5. The number of aryl methyl sites for hydroxylation is 1. The van der Waals surface area contributed by atoms with E-state index in [4.69, 9.17) is 16.3 Å². The van der Waals surface area contributed by atoms with Gasteiger partial charge in [0.05, 0.1) is 29.9 Å². The van der Waals surface area contributed by atoms with Crippen molar-refractivity contribution in [1.29, 1.82) is 0 Å². The molecule has 0 N–H and O–H groups in total. The number of hydrogen-bond acceptors (Lipinski definition) is 4. The quantitative estimate of drug-likeness (QED) is 0.543. The lowest BCUT2D eigenvalue weighted by atomic mass is 10.1. The Morgan fingerprint density at radius 1 is 1.27 bits per heavy atom. The van der Waals surface area contributed by atoms with E-state index in [1.54, 1.807) is 23.0 Å². The monoisotopic (exact) mass is 383 g/mol. The summed E-state index contributed by atoms with van der Waals surface area (Å²) in [4.78, 5) is 4.34. The van der Waals surface area contributed by atoms with Crippen LogP contribution in [0.2, 0.25) is 5.02 Å². The van der Waals surface area contributed by atoms with E-state index in [0.29, 0.717) is 23.2 Å². The summed E-state index contributed by atoms with van der Waals surface area (Å²) in [6, 6.07) is 5.37. The molecule has 10 heteroatoms. The van der Waals surface area contributed by atoms with Crippen molar-refractivity contribution in [2.45, 2.75) is 26.3 Å². The van der Waals surface area contributed by atoms with E-state index < -0.39 is 12.8 Å². The highest BCUT2D eigenvalue weighted by atomic mass is 35.5. The largest absolute Gasteiger partial charge is 0.411 e. The maximum Gasteiger partial charge on any atom is 0.411 e. The molecule has 26 heavy (non-hydrogen) atoms. The van der Waals surface area contributed by atoms with Gasteiger partial charge in [0.15, 0.2) is 11.6 Å². The topological polar surface area (TPSA) is 57.8 Å². The highest BCUT2D eigenvalue weighted by Crippen LogP contribution is 2.34. The summed E-state index contributed by atoms with van der Waals surface area (Å²) in [5.74, 6) is 0.834. The van der Waals surface area contributed by atoms with Gasteiger partial charge in [-0.25, -0.2) is 4.98 Å². The van der Waals surface area contributed by atoms with Crippen molar-refractivity contribution in [3.8, 4) is 17.1 Å². The van der Waals surface area contributed by atoms with Gasteiger partial charge in [-0.05, 0) is 25.1 Å². The number of ether oxygens (including phenoxy) is 1. The highest BCUT2D eigenvalue weighted by Gasteiger charge is 2.29. The first kappa shape index (κ1) is 17.0. The minimum absolute atomic E-state index is 0.296. The Hall–Kier alpha value is -2.39. The van der Waals surface area contributed by atoms with Crippen molar-refractivity contribution in [3.05, 3.63) is 46.8 Å². The molecule has 4 rings (SSSR count). The van der Waals surface area contributed by atoms with Gasteiger partial charge in [0.25, 0.3) is 0 Å². The van der Waals surface area contributed by atoms with Crippen molar-refractivity contribution in [3.63, 3.8) is 0 Å². The Morgan fingerprint density at radius 3 is 2.85 bits per heavy atom. The number of alkyl halides is 3. The van der Waals surface area contributed by atoms with Crippen LogP contribution in [0.4, 0.5) is 13.2 Å². The summed E-state index contributed by atoms with van der Waals surface area (Å²) in [6.07, 6.45) is -2.69. The van der Waals surface area contributed by atoms with Crippen molar-refractivity contribution in [2.75, 3.05) is 6.61 Å². The van der Waals surface area contributed by atoms with E-state index in [2.05, 4.69) is 15.2 Å². The zero-order valence-electron chi connectivity index (χ0n) is 13.6.